The summed E-state index contributed by atoms with van der Waals surface area (Å²) in [4.78, 5) is 39.7. The van der Waals surface area contributed by atoms with Crippen molar-refractivity contribution in [1.29, 1.82) is 0 Å². The SMILES string of the molecule is CC(C)c1cc(-c2ccc(Cl)c(C[C@H](NC(=O)c3ccnn3C)C(=O)Nc3ccc(-c4cncn4C)cc3)c2)ncn1. The fourth-order valence-corrected chi connectivity index (χ4v) is 4.78. The van der Waals surface area contributed by atoms with Gasteiger partial charge < -0.3 is 15.2 Å². The van der Waals surface area contributed by atoms with Gasteiger partial charge in [-0.15, -0.1) is 0 Å². The zero-order valence-corrected chi connectivity index (χ0v) is 24.5. The maximum atomic E-state index is 13.6. The fraction of sp³-hybridized carbons (Fsp3) is 0.226. The highest BCUT2D eigenvalue weighted by molar-refractivity contribution is 6.31. The third-order valence-corrected chi connectivity index (χ3v) is 7.35. The second kappa shape index (κ2) is 12.4. The van der Waals surface area contributed by atoms with Gasteiger partial charge in [-0.25, -0.2) is 15.0 Å². The number of halogens is 1. The normalized spacial score (nSPS) is 11.9. The van der Waals surface area contributed by atoms with Crippen LogP contribution in [0.15, 0.2) is 79.6 Å². The molecule has 0 saturated heterocycles. The van der Waals surface area contributed by atoms with Crippen LogP contribution in [0.2, 0.25) is 5.02 Å². The van der Waals surface area contributed by atoms with E-state index in [1.807, 2.05) is 54.1 Å². The molecule has 5 aromatic rings. The van der Waals surface area contributed by atoms with E-state index < -0.39 is 11.9 Å². The quantitative estimate of drug-likeness (QED) is 0.251. The molecule has 0 radical (unpaired) electrons. The molecular weight excluding hydrogens is 552 g/mol. The van der Waals surface area contributed by atoms with E-state index in [9.17, 15) is 9.59 Å². The molecule has 0 unspecified atom stereocenters. The lowest BCUT2D eigenvalue weighted by molar-refractivity contribution is -0.118. The third kappa shape index (κ3) is 6.39. The number of anilines is 1. The number of amides is 2. The minimum Gasteiger partial charge on any atom is -0.339 e. The summed E-state index contributed by atoms with van der Waals surface area (Å²) in [6.07, 6.45) is 6.73. The first kappa shape index (κ1) is 28.7. The van der Waals surface area contributed by atoms with Crippen molar-refractivity contribution in [2.75, 3.05) is 5.32 Å². The summed E-state index contributed by atoms with van der Waals surface area (Å²) in [6.45, 7) is 4.14. The Kier molecular flexibility index (Phi) is 8.44. The molecule has 0 aliphatic heterocycles. The van der Waals surface area contributed by atoms with Gasteiger partial charge in [0.25, 0.3) is 5.91 Å². The average molecular weight is 583 g/mol. The van der Waals surface area contributed by atoms with E-state index in [2.05, 4.69) is 44.5 Å². The average Bonchev–Trinajstić information content (AvgIpc) is 3.62. The van der Waals surface area contributed by atoms with Crippen molar-refractivity contribution in [3.8, 4) is 22.5 Å². The molecule has 2 amide bonds. The molecule has 10 nitrogen and oxygen atoms in total. The van der Waals surface area contributed by atoms with E-state index in [4.69, 9.17) is 11.6 Å². The van der Waals surface area contributed by atoms with E-state index in [0.717, 1.165) is 28.2 Å². The summed E-state index contributed by atoms with van der Waals surface area (Å²) in [7, 11) is 3.59. The number of aryl methyl sites for hydroxylation is 2. The Morgan fingerprint density at radius 2 is 1.74 bits per heavy atom. The molecule has 11 heteroatoms. The van der Waals surface area contributed by atoms with Crippen LogP contribution in [0.25, 0.3) is 22.5 Å². The Morgan fingerprint density at radius 1 is 0.976 bits per heavy atom. The summed E-state index contributed by atoms with van der Waals surface area (Å²) in [5, 5.41) is 10.4. The van der Waals surface area contributed by atoms with E-state index in [1.54, 1.807) is 38.0 Å². The summed E-state index contributed by atoms with van der Waals surface area (Å²) in [5.41, 5.74) is 6.03. The van der Waals surface area contributed by atoms with Gasteiger partial charge in [-0.2, -0.15) is 5.10 Å². The molecule has 42 heavy (non-hydrogen) atoms. The Balaban J connectivity index is 1.41. The summed E-state index contributed by atoms with van der Waals surface area (Å²) in [6, 6.07) is 15.6. The van der Waals surface area contributed by atoms with E-state index >= 15 is 0 Å². The second-order valence-electron chi connectivity index (χ2n) is 10.3. The van der Waals surface area contributed by atoms with Crippen molar-refractivity contribution in [3.63, 3.8) is 0 Å². The third-order valence-electron chi connectivity index (χ3n) is 6.99. The highest BCUT2D eigenvalue weighted by atomic mass is 35.5. The number of imidazole rings is 1. The lowest BCUT2D eigenvalue weighted by Crippen LogP contribution is -2.45. The molecule has 0 fully saturated rings. The summed E-state index contributed by atoms with van der Waals surface area (Å²) in [5.74, 6) is -0.567. The molecule has 0 aliphatic carbocycles. The number of carbonyl (C=O) groups excluding carboxylic acids is 2. The number of hydrogen-bond donors (Lipinski definition) is 2. The maximum Gasteiger partial charge on any atom is 0.270 e. The smallest absolute Gasteiger partial charge is 0.270 e. The number of aromatic nitrogens is 6. The number of hydrogen-bond acceptors (Lipinski definition) is 6. The van der Waals surface area contributed by atoms with Gasteiger partial charge in [-0.3, -0.25) is 14.3 Å². The van der Waals surface area contributed by atoms with Crippen molar-refractivity contribution in [3.05, 3.63) is 102 Å². The first-order chi connectivity index (χ1) is 20.2. The van der Waals surface area contributed by atoms with Crippen molar-refractivity contribution in [2.45, 2.75) is 32.2 Å². The monoisotopic (exact) mass is 582 g/mol. The van der Waals surface area contributed by atoms with Crippen molar-refractivity contribution < 1.29 is 9.59 Å². The van der Waals surface area contributed by atoms with E-state index in [1.165, 1.54) is 10.9 Å². The Hall–Kier alpha value is -4.83. The molecule has 0 spiro atoms. The van der Waals surface area contributed by atoms with E-state index in [-0.39, 0.29) is 18.2 Å². The molecule has 1 atom stereocenters. The first-order valence-corrected chi connectivity index (χ1v) is 13.8. The standard InChI is InChI=1S/C31H31ClN8O2/c1-19(2)25-15-26(35-17-34-25)21-7-10-24(32)22(13-21)14-27(38-31(42)28-11-12-36-40(28)4)30(41)37-23-8-5-20(6-9-23)29-16-33-18-39(29)3/h5-13,15-19,27H,14H2,1-4H3,(H,37,41)(H,38,42)/t27-/m0/s1. The number of nitrogens with zero attached hydrogens (tertiary/aromatic N) is 6. The first-order valence-electron chi connectivity index (χ1n) is 13.5. The maximum absolute atomic E-state index is 13.6. The highest BCUT2D eigenvalue weighted by Crippen LogP contribution is 2.27. The van der Waals surface area contributed by atoms with E-state index in [0.29, 0.717) is 22.0 Å². The van der Waals surface area contributed by atoms with Gasteiger partial charge in [0.1, 0.15) is 18.1 Å². The lowest BCUT2D eigenvalue weighted by Gasteiger charge is -2.20. The van der Waals surface area contributed by atoms with Crippen LogP contribution in [0.1, 0.15) is 41.5 Å². The van der Waals surface area contributed by atoms with Crippen molar-refractivity contribution in [1.82, 2.24) is 34.6 Å². The van der Waals surface area contributed by atoms with Gasteiger partial charge >= 0.3 is 0 Å². The molecule has 214 valence electrons. The topological polar surface area (TPSA) is 120 Å². The van der Waals surface area contributed by atoms with Gasteiger partial charge in [0.15, 0.2) is 0 Å². The molecule has 2 N–H and O–H groups in total. The van der Waals surface area contributed by atoms with Crippen LogP contribution in [0.5, 0.6) is 0 Å². The molecule has 0 bridgehead atoms. The zero-order chi connectivity index (χ0) is 29.8. The van der Waals surface area contributed by atoms with Crippen LogP contribution in [-0.2, 0) is 25.3 Å². The van der Waals surface area contributed by atoms with Crippen LogP contribution in [0, 0.1) is 0 Å². The minimum absolute atomic E-state index is 0.150. The van der Waals surface area contributed by atoms with Crippen LogP contribution >= 0.6 is 11.6 Å². The fourth-order valence-electron chi connectivity index (χ4n) is 4.58. The van der Waals surface area contributed by atoms with Gasteiger partial charge in [-0.05, 0) is 53.4 Å². The molecule has 3 aromatic heterocycles. The highest BCUT2D eigenvalue weighted by Gasteiger charge is 2.25. The summed E-state index contributed by atoms with van der Waals surface area (Å²) < 4.78 is 3.37. The van der Waals surface area contributed by atoms with Gasteiger partial charge in [0.2, 0.25) is 5.91 Å². The van der Waals surface area contributed by atoms with Gasteiger partial charge in [-0.1, -0.05) is 43.6 Å². The van der Waals surface area contributed by atoms with Crippen LogP contribution in [0.3, 0.4) is 0 Å². The predicted octanol–water partition coefficient (Wildman–Crippen LogP) is 5.03. The van der Waals surface area contributed by atoms with Crippen LogP contribution < -0.4 is 10.6 Å². The Morgan fingerprint density at radius 3 is 2.40 bits per heavy atom. The number of carbonyl (C=O) groups is 2. The van der Waals surface area contributed by atoms with Crippen LogP contribution in [-0.4, -0.2) is 47.2 Å². The van der Waals surface area contributed by atoms with Crippen molar-refractivity contribution in [2.24, 2.45) is 14.1 Å². The molecule has 0 aliphatic rings. The minimum atomic E-state index is -0.937. The molecule has 0 saturated carbocycles. The van der Waals surface area contributed by atoms with Gasteiger partial charge in [0, 0.05) is 48.7 Å². The summed E-state index contributed by atoms with van der Waals surface area (Å²) >= 11 is 6.62. The molecule has 5 rings (SSSR count). The predicted molar refractivity (Wildman–Crippen MR) is 162 cm³/mol. The second-order valence-corrected chi connectivity index (χ2v) is 10.7. The van der Waals surface area contributed by atoms with Crippen molar-refractivity contribution >= 4 is 29.1 Å². The Bertz CT molecular complexity index is 1730. The lowest BCUT2D eigenvalue weighted by atomic mass is 10.00. The Labute approximate surface area is 248 Å². The largest absolute Gasteiger partial charge is 0.339 e. The van der Waals surface area contributed by atoms with Crippen LogP contribution in [0.4, 0.5) is 5.69 Å². The number of nitrogens with one attached hydrogen (secondary N) is 2. The number of rotatable bonds is 9. The van der Waals surface area contributed by atoms with Gasteiger partial charge in [0.05, 0.1) is 23.9 Å². The number of benzene rings is 2. The molecule has 3 heterocycles. The molecule has 2 aromatic carbocycles. The molecular formula is C31H31ClN8O2. The zero-order valence-electron chi connectivity index (χ0n) is 23.7.